The fraction of sp³-hybridized carbons (Fsp3) is 0.500. The average Bonchev–Trinajstić information content (AvgIpc) is 3.17. The van der Waals surface area contributed by atoms with Crippen molar-refractivity contribution < 1.29 is 4.74 Å². The van der Waals surface area contributed by atoms with Crippen LogP contribution in [0, 0.1) is 11.3 Å². The standard InChI is InChI=1S/C20H25N5O/c21-12-16-3-5-19(6-4-16)25-7-1-2-17(15-25)20-18(13-22-23-20)14-24-8-10-26-11-9-24/h3-6,13,17H,1-2,7-11,14-15H2,(H,22,23). The minimum absolute atomic E-state index is 0.470. The van der Waals surface area contributed by atoms with Crippen molar-refractivity contribution >= 4 is 5.69 Å². The molecule has 4 rings (SSSR count). The first-order valence-corrected chi connectivity index (χ1v) is 9.41. The second-order valence-corrected chi connectivity index (χ2v) is 7.14. The molecule has 0 saturated carbocycles. The molecule has 2 aliphatic heterocycles. The molecule has 1 N–H and O–H groups in total. The lowest BCUT2D eigenvalue weighted by Gasteiger charge is -2.35. The summed E-state index contributed by atoms with van der Waals surface area (Å²) in [7, 11) is 0. The van der Waals surface area contributed by atoms with Gasteiger partial charge in [-0.1, -0.05) is 0 Å². The van der Waals surface area contributed by atoms with Crippen LogP contribution in [0.4, 0.5) is 5.69 Å². The van der Waals surface area contributed by atoms with E-state index in [0.29, 0.717) is 11.5 Å². The van der Waals surface area contributed by atoms with Crippen molar-refractivity contribution in [2.75, 3.05) is 44.3 Å². The van der Waals surface area contributed by atoms with Crippen molar-refractivity contribution in [1.29, 1.82) is 5.26 Å². The van der Waals surface area contributed by atoms with Crippen molar-refractivity contribution in [1.82, 2.24) is 15.1 Å². The van der Waals surface area contributed by atoms with E-state index in [4.69, 9.17) is 10.00 Å². The van der Waals surface area contributed by atoms with Crippen LogP contribution in [0.5, 0.6) is 0 Å². The Morgan fingerprint density at radius 2 is 2.00 bits per heavy atom. The maximum atomic E-state index is 8.98. The largest absolute Gasteiger partial charge is 0.379 e. The SMILES string of the molecule is N#Cc1ccc(N2CCCC(c3[nH]ncc3CN3CCOCC3)C2)cc1. The first-order chi connectivity index (χ1) is 12.8. The van der Waals surface area contributed by atoms with E-state index in [2.05, 4.69) is 38.2 Å². The maximum Gasteiger partial charge on any atom is 0.0991 e. The number of hydrogen-bond donors (Lipinski definition) is 1. The Kier molecular flexibility index (Phi) is 5.19. The van der Waals surface area contributed by atoms with Crippen LogP contribution in [-0.4, -0.2) is 54.5 Å². The molecule has 2 saturated heterocycles. The van der Waals surface area contributed by atoms with Gasteiger partial charge in [0.05, 0.1) is 31.0 Å². The minimum Gasteiger partial charge on any atom is -0.379 e. The Labute approximate surface area is 154 Å². The lowest BCUT2D eigenvalue weighted by atomic mass is 9.92. The first-order valence-electron chi connectivity index (χ1n) is 9.41. The molecule has 0 spiro atoms. The van der Waals surface area contributed by atoms with Crippen LogP contribution in [0.2, 0.25) is 0 Å². The predicted molar refractivity (Wildman–Crippen MR) is 100 cm³/mol. The number of anilines is 1. The van der Waals surface area contributed by atoms with E-state index >= 15 is 0 Å². The maximum absolute atomic E-state index is 8.98. The zero-order chi connectivity index (χ0) is 17.8. The Balaban J connectivity index is 1.46. The van der Waals surface area contributed by atoms with Crippen LogP contribution < -0.4 is 4.90 Å². The number of nitriles is 1. The molecule has 2 aliphatic rings. The number of piperidine rings is 1. The number of nitrogens with one attached hydrogen (secondary N) is 1. The molecule has 3 heterocycles. The van der Waals surface area contributed by atoms with Gasteiger partial charge in [0.15, 0.2) is 0 Å². The fourth-order valence-electron chi connectivity index (χ4n) is 3.99. The number of rotatable bonds is 4. The number of morpholine rings is 1. The van der Waals surface area contributed by atoms with Gasteiger partial charge < -0.3 is 9.64 Å². The van der Waals surface area contributed by atoms with Gasteiger partial charge in [0.25, 0.3) is 0 Å². The lowest BCUT2D eigenvalue weighted by molar-refractivity contribution is 0.0340. The third kappa shape index (κ3) is 3.74. The van der Waals surface area contributed by atoms with Crippen molar-refractivity contribution in [2.24, 2.45) is 0 Å². The summed E-state index contributed by atoms with van der Waals surface area (Å²) in [5.74, 6) is 0.470. The quantitative estimate of drug-likeness (QED) is 0.917. The molecule has 2 aromatic rings. The van der Waals surface area contributed by atoms with E-state index in [1.165, 1.54) is 29.8 Å². The highest BCUT2D eigenvalue weighted by Gasteiger charge is 2.25. The summed E-state index contributed by atoms with van der Waals surface area (Å²) < 4.78 is 5.45. The number of aromatic nitrogens is 2. The van der Waals surface area contributed by atoms with Gasteiger partial charge in [-0.2, -0.15) is 10.4 Å². The molecule has 1 atom stereocenters. The van der Waals surface area contributed by atoms with Crippen molar-refractivity contribution in [2.45, 2.75) is 25.3 Å². The van der Waals surface area contributed by atoms with Crippen LogP contribution in [0.15, 0.2) is 30.5 Å². The van der Waals surface area contributed by atoms with Crippen LogP contribution in [0.25, 0.3) is 0 Å². The van der Waals surface area contributed by atoms with Gasteiger partial charge in [0.1, 0.15) is 0 Å². The van der Waals surface area contributed by atoms with Crippen molar-refractivity contribution in [3.63, 3.8) is 0 Å². The number of nitrogens with zero attached hydrogens (tertiary/aromatic N) is 4. The second kappa shape index (κ2) is 7.90. The molecule has 6 nitrogen and oxygen atoms in total. The molecule has 26 heavy (non-hydrogen) atoms. The van der Waals surface area contributed by atoms with Gasteiger partial charge in [0, 0.05) is 55.6 Å². The smallest absolute Gasteiger partial charge is 0.0991 e. The number of aromatic amines is 1. The Morgan fingerprint density at radius 3 is 2.77 bits per heavy atom. The van der Waals surface area contributed by atoms with Crippen LogP contribution >= 0.6 is 0 Å². The van der Waals surface area contributed by atoms with Gasteiger partial charge in [-0.15, -0.1) is 0 Å². The monoisotopic (exact) mass is 351 g/mol. The molecular weight excluding hydrogens is 326 g/mol. The van der Waals surface area contributed by atoms with Crippen LogP contribution in [0.3, 0.4) is 0 Å². The number of hydrogen-bond acceptors (Lipinski definition) is 5. The van der Waals surface area contributed by atoms with Crippen LogP contribution in [0.1, 0.15) is 35.6 Å². The topological polar surface area (TPSA) is 68.2 Å². The zero-order valence-electron chi connectivity index (χ0n) is 15.0. The summed E-state index contributed by atoms with van der Waals surface area (Å²) in [6.07, 6.45) is 4.34. The summed E-state index contributed by atoms with van der Waals surface area (Å²) in [5, 5.41) is 16.6. The van der Waals surface area contributed by atoms with Gasteiger partial charge >= 0.3 is 0 Å². The molecule has 0 aliphatic carbocycles. The van der Waals surface area contributed by atoms with E-state index in [-0.39, 0.29) is 0 Å². The second-order valence-electron chi connectivity index (χ2n) is 7.14. The van der Waals surface area contributed by atoms with Gasteiger partial charge in [-0.05, 0) is 37.1 Å². The van der Waals surface area contributed by atoms with E-state index in [1.807, 2.05) is 18.3 Å². The number of benzene rings is 1. The summed E-state index contributed by atoms with van der Waals surface area (Å²) >= 11 is 0. The fourth-order valence-corrected chi connectivity index (χ4v) is 3.99. The zero-order valence-corrected chi connectivity index (χ0v) is 15.0. The van der Waals surface area contributed by atoms with E-state index in [1.54, 1.807) is 0 Å². The summed E-state index contributed by atoms with van der Waals surface area (Å²) in [6.45, 7) is 6.63. The molecule has 1 unspecified atom stereocenters. The van der Waals surface area contributed by atoms with Crippen molar-refractivity contribution in [3.05, 3.63) is 47.3 Å². The summed E-state index contributed by atoms with van der Waals surface area (Å²) in [6, 6.07) is 10.1. The highest BCUT2D eigenvalue weighted by Crippen LogP contribution is 2.31. The molecule has 6 heteroatoms. The van der Waals surface area contributed by atoms with Crippen LogP contribution in [-0.2, 0) is 11.3 Å². The molecule has 2 fully saturated rings. The van der Waals surface area contributed by atoms with E-state index in [0.717, 1.165) is 45.9 Å². The molecule has 0 radical (unpaired) electrons. The molecule has 1 aromatic carbocycles. The highest BCUT2D eigenvalue weighted by molar-refractivity contribution is 5.50. The third-order valence-corrected chi connectivity index (χ3v) is 5.44. The first kappa shape index (κ1) is 17.1. The average molecular weight is 351 g/mol. The molecule has 136 valence electrons. The van der Waals surface area contributed by atoms with E-state index in [9.17, 15) is 0 Å². The van der Waals surface area contributed by atoms with E-state index < -0.39 is 0 Å². The van der Waals surface area contributed by atoms with Gasteiger partial charge in [0.2, 0.25) is 0 Å². The number of ether oxygens (including phenoxy) is 1. The van der Waals surface area contributed by atoms with Gasteiger partial charge in [-0.25, -0.2) is 0 Å². The Hall–Kier alpha value is -2.36. The lowest BCUT2D eigenvalue weighted by Crippen LogP contribution is -2.37. The summed E-state index contributed by atoms with van der Waals surface area (Å²) in [5.41, 5.74) is 4.51. The Bertz CT molecular complexity index is 757. The predicted octanol–water partition coefficient (Wildman–Crippen LogP) is 2.50. The van der Waals surface area contributed by atoms with Gasteiger partial charge in [-0.3, -0.25) is 10.00 Å². The Morgan fingerprint density at radius 1 is 1.19 bits per heavy atom. The minimum atomic E-state index is 0.470. The third-order valence-electron chi connectivity index (χ3n) is 5.44. The highest BCUT2D eigenvalue weighted by atomic mass is 16.5. The van der Waals surface area contributed by atoms with Crippen molar-refractivity contribution in [3.8, 4) is 6.07 Å². The molecule has 0 bridgehead atoms. The molecule has 1 aromatic heterocycles. The normalized spacial score (nSPS) is 21.5. The number of H-pyrrole nitrogens is 1. The summed E-state index contributed by atoms with van der Waals surface area (Å²) in [4.78, 5) is 4.87. The molecular formula is C20H25N5O. The molecule has 0 amide bonds.